The number of esters is 1. The molecule has 2 aromatic rings. The van der Waals surface area contributed by atoms with E-state index in [4.69, 9.17) is 0 Å². The van der Waals surface area contributed by atoms with Crippen molar-refractivity contribution in [1.29, 1.82) is 0 Å². The van der Waals surface area contributed by atoms with Gasteiger partial charge >= 0.3 is 5.97 Å². The lowest BCUT2D eigenvalue weighted by atomic mass is 10.1. The second-order valence-corrected chi connectivity index (χ2v) is 4.53. The molecule has 0 saturated carbocycles. The van der Waals surface area contributed by atoms with E-state index in [1.54, 1.807) is 6.92 Å². The molecular weight excluding hydrogens is 291 g/mol. The van der Waals surface area contributed by atoms with E-state index in [9.17, 15) is 18.8 Å². The van der Waals surface area contributed by atoms with Gasteiger partial charge in [-0.2, -0.15) is 0 Å². The van der Waals surface area contributed by atoms with Crippen molar-refractivity contribution >= 4 is 11.8 Å². The van der Waals surface area contributed by atoms with Gasteiger partial charge in [0.25, 0.3) is 5.56 Å². The van der Waals surface area contributed by atoms with Gasteiger partial charge in [0.1, 0.15) is 17.2 Å². The Balaban J connectivity index is 2.37. The van der Waals surface area contributed by atoms with E-state index in [-0.39, 0.29) is 23.5 Å². The molecule has 0 saturated heterocycles. The Morgan fingerprint density at radius 2 is 1.91 bits per heavy atom. The zero-order chi connectivity index (χ0) is 16.3. The van der Waals surface area contributed by atoms with E-state index in [0.29, 0.717) is 0 Å². The van der Waals surface area contributed by atoms with Gasteiger partial charge in [-0.3, -0.25) is 14.2 Å². The maximum absolute atomic E-state index is 12.9. The number of aromatic nitrogens is 2. The smallest absolute Gasteiger partial charge is 0.345 e. The van der Waals surface area contributed by atoms with Crippen molar-refractivity contribution in [2.24, 2.45) is 0 Å². The van der Waals surface area contributed by atoms with Gasteiger partial charge in [-0.25, -0.2) is 14.2 Å². The number of aryl methyl sites for hydroxylation is 1. The van der Waals surface area contributed by atoms with Crippen LogP contribution in [0.2, 0.25) is 0 Å². The Morgan fingerprint density at radius 3 is 2.50 bits per heavy atom. The van der Waals surface area contributed by atoms with Crippen molar-refractivity contribution in [2.45, 2.75) is 13.5 Å². The van der Waals surface area contributed by atoms with E-state index >= 15 is 0 Å². The van der Waals surface area contributed by atoms with Crippen molar-refractivity contribution in [3.63, 3.8) is 0 Å². The molecule has 0 fully saturated rings. The summed E-state index contributed by atoms with van der Waals surface area (Å²) in [4.78, 5) is 39.8. The molecular formula is C15H13FN2O4. The maximum Gasteiger partial charge on any atom is 0.345 e. The Kier molecular flexibility index (Phi) is 4.45. The van der Waals surface area contributed by atoms with Crippen molar-refractivity contribution < 1.29 is 18.7 Å². The number of ether oxygens (including phenoxy) is 1. The van der Waals surface area contributed by atoms with Crippen LogP contribution in [0.1, 0.15) is 26.5 Å². The third kappa shape index (κ3) is 3.08. The molecule has 1 aromatic carbocycles. The van der Waals surface area contributed by atoms with E-state index in [1.807, 2.05) is 0 Å². The molecule has 0 aliphatic rings. The number of rotatable bonds is 4. The minimum atomic E-state index is -0.819. The standard InChI is InChI=1S/C15H13FN2O4/c1-9-17-7-12(15(21)22-2)14(20)18(9)8-13(19)10-3-5-11(16)6-4-10/h3-7H,8H2,1-2H3. The molecule has 6 nitrogen and oxygen atoms in total. The topological polar surface area (TPSA) is 78.3 Å². The van der Waals surface area contributed by atoms with Gasteiger partial charge in [-0.15, -0.1) is 0 Å². The predicted molar refractivity (Wildman–Crippen MR) is 75.3 cm³/mol. The second kappa shape index (κ2) is 6.30. The lowest BCUT2D eigenvalue weighted by Crippen LogP contribution is -2.32. The number of halogens is 1. The lowest BCUT2D eigenvalue weighted by molar-refractivity contribution is 0.0596. The number of carbonyl (C=O) groups excluding carboxylic acids is 2. The normalized spacial score (nSPS) is 10.3. The first-order chi connectivity index (χ1) is 10.4. The first-order valence-corrected chi connectivity index (χ1v) is 6.37. The summed E-state index contributed by atoms with van der Waals surface area (Å²) in [5.74, 6) is -1.39. The van der Waals surface area contributed by atoms with Crippen LogP contribution in [0.15, 0.2) is 35.3 Å². The summed E-state index contributed by atoms with van der Waals surface area (Å²) in [5, 5.41) is 0. The highest BCUT2D eigenvalue weighted by Crippen LogP contribution is 2.06. The summed E-state index contributed by atoms with van der Waals surface area (Å²) in [6.07, 6.45) is 1.11. The van der Waals surface area contributed by atoms with Crippen LogP contribution in [0.25, 0.3) is 0 Å². The van der Waals surface area contributed by atoms with E-state index < -0.39 is 23.1 Å². The minimum Gasteiger partial charge on any atom is -0.465 e. The molecule has 0 atom stereocenters. The molecule has 0 unspecified atom stereocenters. The Hall–Kier alpha value is -2.83. The molecule has 0 radical (unpaired) electrons. The van der Waals surface area contributed by atoms with Gasteiger partial charge in [-0.05, 0) is 31.2 Å². The zero-order valence-electron chi connectivity index (χ0n) is 12.0. The van der Waals surface area contributed by atoms with E-state index in [1.165, 1.54) is 12.1 Å². The summed E-state index contributed by atoms with van der Waals surface area (Å²) in [6.45, 7) is 1.24. The monoisotopic (exact) mass is 304 g/mol. The number of methoxy groups -OCH3 is 1. The molecule has 0 aliphatic heterocycles. The van der Waals surface area contributed by atoms with Crippen molar-refractivity contribution in [2.75, 3.05) is 7.11 Å². The fraction of sp³-hybridized carbons (Fsp3) is 0.200. The van der Waals surface area contributed by atoms with Crippen molar-refractivity contribution in [3.05, 3.63) is 63.6 Å². The molecule has 0 spiro atoms. The Bertz CT molecular complexity index is 781. The fourth-order valence-corrected chi connectivity index (χ4v) is 1.88. The van der Waals surface area contributed by atoms with Gasteiger partial charge in [0.05, 0.1) is 13.7 Å². The molecule has 0 aliphatic carbocycles. The molecule has 0 bridgehead atoms. The summed E-state index contributed by atoms with van der Waals surface area (Å²) >= 11 is 0. The largest absolute Gasteiger partial charge is 0.465 e. The highest BCUT2D eigenvalue weighted by molar-refractivity contribution is 5.96. The molecule has 7 heteroatoms. The van der Waals surface area contributed by atoms with Crippen LogP contribution in [0.4, 0.5) is 4.39 Å². The summed E-state index contributed by atoms with van der Waals surface area (Å²) in [6, 6.07) is 4.98. The van der Waals surface area contributed by atoms with Crippen LogP contribution >= 0.6 is 0 Å². The number of Topliss-reactive ketones (excluding diaryl/α,β-unsaturated/α-hetero) is 1. The van der Waals surface area contributed by atoms with Crippen LogP contribution in [-0.4, -0.2) is 28.4 Å². The molecule has 2 rings (SSSR count). The lowest BCUT2D eigenvalue weighted by Gasteiger charge is -2.09. The third-order valence-electron chi connectivity index (χ3n) is 3.12. The number of hydrogen-bond acceptors (Lipinski definition) is 5. The van der Waals surface area contributed by atoms with Crippen LogP contribution < -0.4 is 5.56 Å². The number of ketones is 1. The summed E-state index contributed by atoms with van der Waals surface area (Å²) in [7, 11) is 1.15. The number of benzene rings is 1. The average Bonchev–Trinajstić information content (AvgIpc) is 2.51. The van der Waals surface area contributed by atoms with Gasteiger partial charge < -0.3 is 4.74 Å². The molecule has 0 N–H and O–H groups in total. The number of nitrogens with zero attached hydrogens (tertiary/aromatic N) is 2. The zero-order valence-corrected chi connectivity index (χ0v) is 12.0. The highest BCUT2D eigenvalue weighted by atomic mass is 19.1. The van der Waals surface area contributed by atoms with Crippen molar-refractivity contribution in [1.82, 2.24) is 9.55 Å². The van der Waals surface area contributed by atoms with Gasteiger partial charge in [0.15, 0.2) is 5.78 Å². The summed E-state index contributed by atoms with van der Waals surface area (Å²) in [5.41, 5.74) is -0.647. The van der Waals surface area contributed by atoms with Gasteiger partial charge in [0, 0.05) is 11.8 Å². The number of carbonyl (C=O) groups is 2. The fourth-order valence-electron chi connectivity index (χ4n) is 1.88. The molecule has 1 aromatic heterocycles. The predicted octanol–water partition coefficient (Wildman–Crippen LogP) is 1.36. The van der Waals surface area contributed by atoms with Gasteiger partial charge in [0.2, 0.25) is 0 Å². The third-order valence-corrected chi connectivity index (χ3v) is 3.12. The van der Waals surface area contributed by atoms with Crippen LogP contribution in [-0.2, 0) is 11.3 Å². The highest BCUT2D eigenvalue weighted by Gasteiger charge is 2.17. The molecule has 0 amide bonds. The second-order valence-electron chi connectivity index (χ2n) is 4.53. The van der Waals surface area contributed by atoms with E-state index in [0.717, 1.165) is 30.0 Å². The molecule has 114 valence electrons. The van der Waals surface area contributed by atoms with Crippen LogP contribution in [0.3, 0.4) is 0 Å². The first kappa shape index (κ1) is 15.6. The molecule has 22 heavy (non-hydrogen) atoms. The Labute approximate surface area is 125 Å². The van der Waals surface area contributed by atoms with Gasteiger partial charge in [-0.1, -0.05) is 0 Å². The molecule has 1 heterocycles. The SMILES string of the molecule is COC(=O)c1cnc(C)n(CC(=O)c2ccc(F)cc2)c1=O. The quantitative estimate of drug-likeness (QED) is 0.629. The van der Waals surface area contributed by atoms with Crippen LogP contribution in [0.5, 0.6) is 0 Å². The van der Waals surface area contributed by atoms with Crippen molar-refractivity contribution in [3.8, 4) is 0 Å². The Morgan fingerprint density at radius 1 is 1.27 bits per heavy atom. The summed E-state index contributed by atoms with van der Waals surface area (Å²) < 4.78 is 18.4. The van der Waals surface area contributed by atoms with E-state index in [2.05, 4.69) is 9.72 Å². The minimum absolute atomic E-state index is 0.250. The number of hydrogen-bond donors (Lipinski definition) is 0. The maximum atomic E-state index is 12.9. The van der Waals surface area contributed by atoms with Crippen LogP contribution in [0, 0.1) is 12.7 Å². The first-order valence-electron chi connectivity index (χ1n) is 6.37. The average molecular weight is 304 g/mol.